The summed E-state index contributed by atoms with van der Waals surface area (Å²) in [5.41, 5.74) is 7.89. The number of nitrogens with two attached hydrogens (primary N) is 1. The van der Waals surface area contributed by atoms with Crippen LogP contribution in [-0.4, -0.2) is 16.3 Å². The van der Waals surface area contributed by atoms with Crippen molar-refractivity contribution in [2.45, 2.75) is 39.5 Å². The molecule has 2 N–H and O–H groups in total. The minimum absolute atomic E-state index is 0.516. The van der Waals surface area contributed by atoms with E-state index in [9.17, 15) is 0 Å². The van der Waals surface area contributed by atoms with Crippen molar-refractivity contribution >= 4 is 11.6 Å². The molecule has 1 aromatic rings. The smallest absolute Gasteiger partial charge is 0.0849 e. The van der Waals surface area contributed by atoms with Crippen LogP contribution in [0.2, 0.25) is 5.02 Å². The van der Waals surface area contributed by atoms with Crippen LogP contribution in [0.3, 0.4) is 0 Å². The molecule has 0 aliphatic rings. The Bertz CT molecular complexity index is 333. The maximum Gasteiger partial charge on any atom is 0.0849 e. The molecule has 1 unspecified atom stereocenters. The monoisotopic (exact) mass is 243 g/mol. The van der Waals surface area contributed by atoms with E-state index in [2.05, 4.69) is 18.9 Å². The number of nitrogens with zero attached hydrogens (tertiary/aromatic N) is 2. The van der Waals surface area contributed by atoms with Crippen molar-refractivity contribution in [3.8, 4) is 0 Å². The average Bonchev–Trinajstić information content (AvgIpc) is 2.55. The summed E-state index contributed by atoms with van der Waals surface area (Å²) < 4.78 is 1.90. The largest absolute Gasteiger partial charge is 0.330 e. The van der Waals surface area contributed by atoms with Gasteiger partial charge in [0.15, 0.2) is 0 Å². The van der Waals surface area contributed by atoms with Gasteiger partial charge < -0.3 is 5.73 Å². The van der Waals surface area contributed by atoms with Crippen molar-refractivity contribution < 1.29 is 0 Å². The molecule has 0 spiro atoms. The first-order valence-corrected chi connectivity index (χ1v) is 6.42. The maximum atomic E-state index is 6.31. The third-order valence-corrected chi connectivity index (χ3v) is 3.45. The third kappa shape index (κ3) is 2.98. The van der Waals surface area contributed by atoms with Crippen LogP contribution in [0.4, 0.5) is 0 Å². The number of rotatable bonds is 6. The lowest BCUT2D eigenvalue weighted by molar-refractivity contribution is 0.472. The highest BCUT2D eigenvalue weighted by molar-refractivity contribution is 6.31. The van der Waals surface area contributed by atoms with Gasteiger partial charge in [0.25, 0.3) is 0 Å². The molecule has 4 heteroatoms. The zero-order valence-electron chi connectivity index (χ0n) is 10.5. The van der Waals surface area contributed by atoms with E-state index < -0.39 is 0 Å². The van der Waals surface area contributed by atoms with Crippen molar-refractivity contribution in [2.24, 2.45) is 18.7 Å². The predicted octanol–water partition coefficient (Wildman–Crippen LogP) is 2.55. The zero-order valence-corrected chi connectivity index (χ0v) is 11.2. The van der Waals surface area contributed by atoms with Crippen LogP contribution in [0, 0.1) is 5.92 Å². The van der Waals surface area contributed by atoms with E-state index in [4.69, 9.17) is 17.3 Å². The molecule has 92 valence electrons. The molecule has 3 nitrogen and oxygen atoms in total. The van der Waals surface area contributed by atoms with Crippen LogP contribution in [-0.2, 0) is 19.9 Å². The molecule has 0 fully saturated rings. The SMILES string of the molecule is CCCC(CN)Cc1c(Cl)c(CC)nn1C. The lowest BCUT2D eigenvalue weighted by atomic mass is 9.98. The van der Waals surface area contributed by atoms with Crippen molar-refractivity contribution in [1.82, 2.24) is 9.78 Å². The van der Waals surface area contributed by atoms with Gasteiger partial charge in [-0.25, -0.2) is 0 Å². The number of aryl methyl sites for hydroxylation is 2. The molecule has 1 heterocycles. The van der Waals surface area contributed by atoms with Gasteiger partial charge in [-0.3, -0.25) is 4.68 Å². The molecule has 0 aliphatic heterocycles. The summed E-state index contributed by atoms with van der Waals surface area (Å²) in [6.07, 6.45) is 4.14. The molecule has 1 aromatic heterocycles. The van der Waals surface area contributed by atoms with Crippen molar-refractivity contribution in [1.29, 1.82) is 0 Å². The normalized spacial score (nSPS) is 13.1. The fourth-order valence-electron chi connectivity index (χ4n) is 2.03. The second-order valence-corrected chi connectivity index (χ2v) is 4.66. The van der Waals surface area contributed by atoms with Gasteiger partial charge in [-0.2, -0.15) is 5.10 Å². The molecular formula is C12H22ClN3. The molecule has 0 amide bonds. The van der Waals surface area contributed by atoms with Gasteiger partial charge in [0, 0.05) is 7.05 Å². The average molecular weight is 244 g/mol. The summed E-state index contributed by atoms with van der Waals surface area (Å²) in [5, 5.41) is 5.25. The standard InChI is InChI=1S/C12H22ClN3/c1-4-6-9(8-14)7-11-12(13)10(5-2)15-16(11)3/h9H,4-8,14H2,1-3H3. The Balaban J connectivity index is 2.82. The van der Waals surface area contributed by atoms with E-state index >= 15 is 0 Å². The van der Waals surface area contributed by atoms with Gasteiger partial charge in [-0.05, 0) is 31.7 Å². The quantitative estimate of drug-likeness (QED) is 0.835. The summed E-state index contributed by atoms with van der Waals surface area (Å²) in [6.45, 7) is 4.98. The maximum absolute atomic E-state index is 6.31. The minimum Gasteiger partial charge on any atom is -0.330 e. The summed E-state index contributed by atoms with van der Waals surface area (Å²) in [7, 11) is 1.96. The number of hydrogen-bond acceptors (Lipinski definition) is 2. The topological polar surface area (TPSA) is 43.8 Å². The van der Waals surface area contributed by atoms with Crippen LogP contribution in [0.5, 0.6) is 0 Å². The third-order valence-electron chi connectivity index (χ3n) is 3.02. The second kappa shape index (κ2) is 6.26. The number of aromatic nitrogens is 2. The summed E-state index contributed by atoms with van der Waals surface area (Å²) >= 11 is 6.31. The Morgan fingerprint density at radius 2 is 2.12 bits per heavy atom. The van der Waals surface area contributed by atoms with Gasteiger partial charge in [0.1, 0.15) is 0 Å². The Morgan fingerprint density at radius 1 is 1.44 bits per heavy atom. The molecule has 1 atom stereocenters. The van der Waals surface area contributed by atoms with Crippen molar-refractivity contribution in [3.05, 3.63) is 16.4 Å². The summed E-state index contributed by atoms with van der Waals surface area (Å²) in [5.74, 6) is 0.516. The van der Waals surface area contributed by atoms with Crippen molar-refractivity contribution in [3.63, 3.8) is 0 Å². The summed E-state index contributed by atoms with van der Waals surface area (Å²) in [4.78, 5) is 0. The molecule has 16 heavy (non-hydrogen) atoms. The highest BCUT2D eigenvalue weighted by Gasteiger charge is 2.16. The van der Waals surface area contributed by atoms with E-state index in [1.807, 2.05) is 11.7 Å². The van der Waals surface area contributed by atoms with Gasteiger partial charge >= 0.3 is 0 Å². The van der Waals surface area contributed by atoms with E-state index in [0.717, 1.165) is 48.6 Å². The zero-order chi connectivity index (χ0) is 12.1. The Hall–Kier alpha value is -0.540. The first-order chi connectivity index (χ1) is 7.63. The van der Waals surface area contributed by atoms with E-state index in [1.54, 1.807) is 0 Å². The molecule has 0 radical (unpaired) electrons. The molecule has 0 aliphatic carbocycles. The van der Waals surface area contributed by atoms with Gasteiger partial charge in [0.2, 0.25) is 0 Å². The van der Waals surface area contributed by atoms with E-state index in [0.29, 0.717) is 5.92 Å². The lowest BCUT2D eigenvalue weighted by Gasteiger charge is -2.13. The van der Waals surface area contributed by atoms with E-state index in [1.165, 1.54) is 0 Å². The van der Waals surface area contributed by atoms with Gasteiger partial charge in [-0.1, -0.05) is 31.9 Å². The highest BCUT2D eigenvalue weighted by Crippen LogP contribution is 2.24. The fourth-order valence-corrected chi connectivity index (χ4v) is 2.40. The first-order valence-electron chi connectivity index (χ1n) is 6.04. The van der Waals surface area contributed by atoms with Crippen LogP contribution in [0.25, 0.3) is 0 Å². The molecular weight excluding hydrogens is 222 g/mol. The van der Waals surface area contributed by atoms with Crippen LogP contribution in [0.15, 0.2) is 0 Å². The lowest BCUT2D eigenvalue weighted by Crippen LogP contribution is -2.18. The van der Waals surface area contributed by atoms with Crippen molar-refractivity contribution in [2.75, 3.05) is 6.54 Å². The number of hydrogen-bond donors (Lipinski definition) is 1. The fraction of sp³-hybridized carbons (Fsp3) is 0.750. The van der Waals surface area contributed by atoms with Gasteiger partial charge in [0.05, 0.1) is 16.4 Å². The second-order valence-electron chi connectivity index (χ2n) is 4.28. The molecule has 0 saturated heterocycles. The predicted molar refractivity (Wildman–Crippen MR) is 68.8 cm³/mol. The molecule has 0 aromatic carbocycles. The van der Waals surface area contributed by atoms with Crippen LogP contribution < -0.4 is 5.73 Å². The first kappa shape index (κ1) is 13.5. The van der Waals surface area contributed by atoms with Crippen LogP contribution >= 0.6 is 11.6 Å². The summed E-state index contributed by atoms with van der Waals surface area (Å²) in [6, 6.07) is 0. The van der Waals surface area contributed by atoms with Crippen LogP contribution in [0.1, 0.15) is 38.1 Å². The Labute approximate surface area is 103 Å². The number of halogens is 1. The highest BCUT2D eigenvalue weighted by atomic mass is 35.5. The molecule has 0 saturated carbocycles. The van der Waals surface area contributed by atoms with E-state index in [-0.39, 0.29) is 0 Å². The minimum atomic E-state index is 0.516. The Morgan fingerprint density at radius 3 is 2.56 bits per heavy atom. The Kier molecular flexibility index (Phi) is 5.29. The van der Waals surface area contributed by atoms with Gasteiger partial charge in [-0.15, -0.1) is 0 Å². The molecule has 0 bridgehead atoms. The molecule has 1 rings (SSSR count).